The molecule has 0 saturated heterocycles. The number of benzene rings is 1. The average molecular weight is 278 g/mol. The zero-order valence-corrected chi connectivity index (χ0v) is 12.0. The molecular formula is C17H18N4. The number of rotatable bonds is 4. The van der Waals surface area contributed by atoms with Crippen molar-refractivity contribution >= 4 is 16.6 Å². The van der Waals surface area contributed by atoms with Gasteiger partial charge < -0.3 is 10.6 Å². The zero-order chi connectivity index (χ0) is 14.7. The molecule has 0 amide bonds. The molecule has 3 aromatic rings. The highest BCUT2D eigenvalue weighted by Crippen LogP contribution is 2.29. The lowest BCUT2D eigenvalue weighted by Gasteiger charge is -2.23. The molecule has 2 aromatic heterocycles. The Labute approximate surface area is 124 Å². The van der Waals surface area contributed by atoms with Gasteiger partial charge in [0.15, 0.2) is 0 Å². The molecule has 2 N–H and O–H groups in total. The van der Waals surface area contributed by atoms with Crippen LogP contribution in [-0.4, -0.2) is 17.0 Å². The molecule has 2 heterocycles. The number of nitrogens with two attached hydrogens (primary N) is 1. The van der Waals surface area contributed by atoms with E-state index in [1.54, 1.807) is 0 Å². The Morgan fingerprint density at radius 3 is 2.62 bits per heavy atom. The van der Waals surface area contributed by atoms with Crippen molar-refractivity contribution in [1.29, 1.82) is 0 Å². The van der Waals surface area contributed by atoms with Crippen LogP contribution in [0.1, 0.15) is 11.3 Å². The Kier molecular flexibility index (Phi) is 3.79. The lowest BCUT2D eigenvalue weighted by molar-refractivity contribution is 0.874. The number of para-hydroxylation sites is 1. The third-order valence-electron chi connectivity index (χ3n) is 3.55. The minimum atomic E-state index is 0.472. The molecule has 4 nitrogen and oxygen atoms in total. The third-order valence-corrected chi connectivity index (χ3v) is 3.55. The fraction of sp³-hybridized carbons (Fsp3) is 0.176. The van der Waals surface area contributed by atoms with Crippen LogP contribution in [0.15, 0.2) is 54.9 Å². The Balaban J connectivity index is 2.05. The molecule has 0 aliphatic carbocycles. The molecule has 0 spiro atoms. The largest absolute Gasteiger partial charge is 0.368 e. The molecule has 4 heteroatoms. The van der Waals surface area contributed by atoms with Crippen molar-refractivity contribution in [2.24, 2.45) is 5.73 Å². The van der Waals surface area contributed by atoms with Gasteiger partial charge in [0.05, 0.1) is 23.4 Å². The molecule has 0 unspecified atom stereocenters. The van der Waals surface area contributed by atoms with Gasteiger partial charge in [-0.1, -0.05) is 24.3 Å². The maximum Gasteiger partial charge on any atom is 0.0723 e. The predicted molar refractivity (Wildman–Crippen MR) is 86.0 cm³/mol. The van der Waals surface area contributed by atoms with Crippen molar-refractivity contribution < 1.29 is 0 Å². The van der Waals surface area contributed by atoms with Gasteiger partial charge in [-0.2, -0.15) is 0 Å². The highest BCUT2D eigenvalue weighted by molar-refractivity contribution is 5.93. The standard InChI is InChI=1S/C17H18N4/c1-21(12-14-6-4-5-9-19-14)17-13(10-18)11-20-16-8-3-2-7-15(16)17/h2-9,11H,10,12,18H2,1H3. The Bertz CT molecular complexity index is 740. The quantitative estimate of drug-likeness (QED) is 0.797. The average Bonchev–Trinajstić information content (AvgIpc) is 2.54. The monoisotopic (exact) mass is 278 g/mol. The van der Waals surface area contributed by atoms with Crippen LogP contribution in [0.25, 0.3) is 10.9 Å². The first-order valence-corrected chi connectivity index (χ1v) is 6.97. The molecule has 1 aromatic carbocycles. The van der Waals surface area contributed by atoms with Crippen molar-refractivity contribution in [3.8, 4) is 0 Å². The zero-order valence-electron chi connectivity index (χ0n) is 12.0. The summed E-state index contributed by atoms with van der Waals surface area (Å²) in [4.78, 5) is 11.1. The second-order valence-corrected chi connectivity index (χ2v) is 5.03. The summed E-state index contributed by atoms with van der Waals surface area (Å²) in [5, 5.41) is 1.12. The van der Waals surface area contributed by atoms with E-state index in [1.807, 2.05) is 48.8 Å². The van der Waals surface area contributed by atoms with Crippen LogP contribution in [0.2, 0.25) is 0 Å². The summed E-state index contributed by atoms with van der Waals surface area (Å²) < 4.78 is 0. The van der Waals surface area contributed by atoms with Crippen molar-refractivity contribution in [3.05, 3.63) is 66.1 Å². The van der Waals surface area contributed by atoms with Crippen LogP contribution < -0.4 is 10.6 Å². The van der Waals surface area contributed by atoms with Crippen molar-refractivity contribution in [2.45, 2.75) is 13.1 Å². The molecule has 0 radical (unpaired) electrons. The predicted octanol–water partition coefficient (Wildman–Crippen LogP) is 2.72. The second kappa shape index (κ2) is 5.89. The van der Waals surface area contributed by atoms with E-state index in [-0.39, 0.29) is 0 Å². The maximum absolute atomic E-state index is 5.89. The molecule has 0 aliphatic rings. The molecule has 0 saturated carbocycles. The minimum absolute atomic E-state index is 0.472. The van der Waals surface area contributed by atoms with E-state index < -0.39 is 0 Å². The van der Waals surface area contributed by atoms with E-state index in [9.17, 15) is 0 Å². The number of aromatic nitrogens is 2. The first-order chi connectivity index (χ1) is 10.3. The SMILES string of the molecule is CN(Cc1ccccn1)c1c(CN)cnc2ccccc12. The highest BCUT2D eigenvalue weighted by Gasteiger charge is 2.12. The number of anilines is 1. The number of nitrogens with zero attached hydrogens (tertiary/aromatic N) is 3. The van der Waals surface area contributed by atoms with Crippen LogP contribution in [0.4, 0.5) is 5.69 Å². The van der Waals surface area contributed by atoms with Crippen molar-refractivity contribution in [3.63, 3.8) is 0 Å². The topological polar surface area (TPSA) is 55.0 Å². The van der Waals surface area contributed by atoms with Gasteiger partial charge in [0, 0.05) is 36.9 Å². The highest BCUT2D eigenvalue weighted by atomic mass is 15.1. The number of hydrogen-bond donors (Lipinski definition) is 1. The van der Waals surface area contributed by atoms with E-state index >= 15 is 0 Å². The minimum Gasteiger partial charge on any atom is -0.368 e. The van der Waals surface area contributed by atoms with E-state index in [0.717, 1.165) is 34.4 Å². The first-order valence-electron chi connectivity index (χ1n) is 6.97. The molecule has 0 atom stereocenters. The second-order valence-electron chi connectivity index (χ2n) is 5.03. The van der Waals surface area contributed by atoms with Gasteiger partial charge >= 0.3 is 0 Å². The summed E-state index contributed by atoms with van der Waals surface area (Å²) in [6.45, 7) is 1.21. The lowest BCUT2D eigenvalue weighted by atomic mass is 10.1. The molecule has 0 fully saturated rings. The summed E-state index contributed by atoms with van der Waals surface area (Å²) in [6.07, 6.45) is 3.68. The van der Waals surface area contributed by atoms with Gasteiger partial charge in [0.25, 0.3) is 0 Å². The van der Waals surface area contributed by atoms with Gasteiger partial charge in [0.1, 0.15) is 0 Å². The maximum atomic E-state index is 5.89. The van der Waals surface area contributed by atoms with E-state index in [4.69, 9.17) is 5.73 Å². The summed E-state index contributed by atoms with van der Waals surface area (Å²) in [5.74, 6) is 0. The van der Waals surface area contributed by atoms with Gasteiger partial charge in [-0.15, -0.1) is 0 Å². The molecular weight excluding hydrogens is 260 g/mol. The molecule has 21 heavy (non-hydrogen) atoms. The molecule has 106 valence electrons. The van der Waals surface area contributed by atoms with Crippen LogP contribution in [0.5, 0.6) is 0 Å². The molecule has 0 aliphatic heterocycles. The fourth-order valence-corrected chi connectivity index (χ4v) is 2.58. The van der Waals surface area contributed by atoms with E-state index in [1.165, 1.54) is 0 Å². The summed E-state index contributed by atoms with van der Waals surface area (Å²) in [5.41, 5.74) is 10.1. The summed E-state index contributed by atoms with van der Waals surface area (Å²) in [7, 11) is 2.07. The van der Waals surface area contributed by atoms with Crippen LogP contribution in [0, 0.1) is 0 Å². The normalized spacial score (nSPS) is 10.8. The van der Waals surface area contributed by atoms with Crippen molar-refractivity contribution in [1.82, 2.24) is 9.97 Å². The Morgan fingerprint density at radius 2 is 1.86 bits per heavy atom. The van der Waals surface area contributed by atoms with Crippen LogP contribution in [-0.2, 0) is 13.1 Å². The van der Waals surface area contributed by atoms with Crippen molar-refractivity contribution in [2.75, 3.05) is 11.9 Å². The van der Waals surface area contributed by atoms with Crippen LogP contribution in [0.3, 0.4) is 0 Å². The Hall–Kier alpha value is -2.46. The number of hydrogen-bond acceptors (Lipinski definition) is 4. The third kappa shape index (κ3) is 2.71. The number of pyridine rings is 2. The molecule has 3 rings (SSSR count). The molecule has 0 bridgehead atoms. The fourth-order valence-electron chi connectivity index (χ4n) is 2.58. The van der Waals surface area contributed by atoms with Gasteiger partial charge in [-0.05, 0) is 18.2 Å². The summed E-state index contributed by atoms with van der Waals surface area (Å²) in [6, 6.07) is 14.1. The first kappa shape index (κ1) is 13.5. The summed E-state index contributed by atoms with van der Waals surface area (Å²) >= 11 is 0. The van der Waals surface area contributed by atoms with Crippen LogP contribution >= 0.6 is 0 Å². The number of fused-ring (bicyclic) bond motifs is 1. The lowest BCUT2D eigenvalue weighted by Crippen LogP contribution is -2.20. The van der Waals surface area contributed by atoms with Gasteiger partial charge in [0.2, 0.25) is 0 Å². The van der Waals surface area contributed by atoms with Gasteiger partial charge in [-0.3, -0.25) is 9.97 Å². The van der Waals surface area contributed by atoms with E-state index in [0.29, 0.717) is 6.54 Å². The smallest absolute Gasteiger partial charge is 0.0723 e. The van der Waals surface area contributed by atoms with E-state index in [2.05, 4.69) is 28.0 Å². The Morgan fingerprint density at radius 1 is 1.05 bits per heavy atom. The van der Waals surface area contributed by atoms with Gasteiger partial charge in [-0.25, -0.2) is 0 Å².